The molecule has 0 bridgehead atoms. The molecule has 0 unspecified atom stereocenters. The Labute approximate surface area is 113 Å². The van der Waals surface area contributed by atoms with Crippen LogP contribution in [0, 0.1) is 6.92 Å². The van der Waals surface area contributed by atoms with E-state index in [4.69, 9.17) is 5.73 Å². The van der Waals surface area contributed by atoms with Crippen LogP contribution in [0.2, 0.25) is 0 Å². The summed E-state index contributed by atoms with van der Waals surface area (Å²) in [7, 11) is 0. The third kappa shape index (κ3) is 3.64. The van der Waals surface area contributed by atoms with Crippen LogP contribution in [-0.4, -0.2) is 31.3 Å². The Hall–Kier alpha value is -1.69. The Kier molecular flexibility index (Phi) is 4.68. The number of hydrogen-bond donors (Lipinski definition) is 1. The van der Waals surface area contributed by atoms with Gasteiger partial charge in [-0.3, -0.25) is 4.68 Å². The minimum atomic E-state index is 0.721. The molecule has 0 spiro atoms. The molecule has 104 valence electrons. The van der Waals surface area contributed by atoms with Crippen LogP contribution in [0.3, 0.4) is 0 Å². The van der Waals surface area contributed by atoms with Crippen LogP contribution in [0.5, 0.6) is 0 Å². The fourth-order valence-electron chi connectivity index (χ4n) is 2.15. The van der Waals surface area contributed by atoms with Crippen LogP contribution in [0.25, 0.3) is 0 Å². The molecule has 0 aliphatic carbocycles. The molecule has 0 saturated heterocycles. The first-order chi connectivity index (χ1) is 9.22. The van der Waals surface area contributed by atoms with Gasteiger partial charge in [0.05, 0.1) is 23.6 Å². The van der Waals surface area contributed by atoms with Gasteiger partial charge in [0.2, 0.25) is 0 Å². The molecule has 6 nitrogen and oxygen atoms in total. The lowest BCUT2D eigenvalue weighted by Gasteiger charge is -2.03. The van der Waals surface area contributed by atoms with E-state index in [9.17, 15) is 0 Å². The summed E-state index contributed by atoms with van der Waals surface area (Å²) in [5, 5.41) is 12.8. The summed E-state index contributed by atoms with van der Waals surface area (Å²) >= 11 is 0. The molecule has 19 heavy (non-hydrogen) atoms. The highest BCUT2D eigenvalue weighted by Crippen LogP contribution is 2.07. The normalized spacial score (nSPS) is 11.1. The molecule has 0 saturated carbocycles. The Morgan fingerprint density at radius 1 is 1.32 bits per heavy atom. The zero-order valence-electron chi connectivity index (χ0n) is 11.7. The third-order valence-electron chi connectivity index (χ3n) is 3.08. The first kappa shape index (κ1) is 13.7. The Morgan fingerprint density at radius 2 is 2.16 bits per heavy atom. The number of aromatic nitrogens is 5. The van der Waals surface area contributed by atoms with E-state index in [-0.39, 0.29) is 0 Å². The summed E-state index contributed by atoms with van der Waals surface area (Å²) in [4.78, 5) is 0. The van der Waals surface area contributed by atoms with Crippen molar-refractivity contribution in [2.75, 3.05) is 6.54 Å². The molecule has 0 aromatic carbocycles. The first-order valence-electron chi connectivity index (χ1n) is 6.85. The Balaban J connectivity index is 1.99. The van der Waals surface area contributed by atoms with Crippen molar-refractivity contribution in [3.8, 4) is 0 Å². The van der Waals surface area contributed by atoms with E-state index in [1.165, 1.54) is 5.69 Å². The van der Waals surface area contributed by atoms with Gasteiger partial charge < -0.3 is 5.73 Å². The van der Waals surface area contributed by atoms with Crippen molar-refractivity contribution < 1.29 is 0 Å². The van der Waals surface area contributed by atoms with Crippen molar-refractivity contribution in [1.82, 2.24) is 24.8 Å². The zero-order chi connectivity index (χ0) is 13.7. The number of unbranched alkanes of at least 4 members (excludes halogenated alkanes) is 1. The first-order valence-corrected chi connectivity index (χ1v) is 6.85. The molecule has 2 heterocycles. The minimum Gasteiger partial charge on any atom is -0.330 e. The second-order valence-corrected chi connectivity index (χ2v) is 4.75. The number of rotatable bonds is 7. The van der Waals surface area contributed by atoms with Crippen LogP contribution in [0.15, 0.2) is 12.3 Å². The Morgan fingerprint density at radius 3 is 2.89 bits per heavy atom. The van der Waals surface area contributed by atoms with Gasteiger partial charge in [0.15, 0.2) is 0 Å². The summed E-state index contributed by atoms with van der Waals surface area (Å²) in [6, 6.07) is 2.10. The smallest absolute Gasteiger partial charge is 0.0846 e. The molecule has 0 aliphatic rings. The van der Waals surface area contributed by atoms with Crippen LogP contribution in [-0.2, 0) is 19.5 Å². The van der Waals surface area contributed by atoms with Gasteiger partial charge >= 0.3 is 0 Å². The summed E-state index contributed by atoms with van der Waals surface area (Å²) in [5.41, 5.74) is 8.73. The molecule has 0 radical (unpaired) electrons. The SMILES string of the molecule is CCn1nc(C)cc1Cn1cc(CCCCN)nn1. The maximum Gasteiger partial charge on any atom is 0.0846 e. The van der Waals surface area contributed by atoms with Gasteiger partial charge in [-0.15, -0.1) is 5.10 Å². The van der Waals surface area contributed by atoms with Gasteiger partial charge in [-0.1, -0.05) is 5.21 Å². The van der Waals surface area contributed by atoms with Crippen molar-refractivity contribution in [1.29, 1.82) is 0 Å². The van der Waals surface area contributed by atoms with Crippen molar-refractivity contribution in [2.45, 2.75) is 46.2 Å². The highest BCUT2D eigenvalue weighted by molar-refractivity contribution is 5.09. The lowest BCUT2D eigenvalue weighted by Crippen LogP contribution is -2.08. The predicted molar refractivity (Wildman–Crippen MR) is 73.8 cm³/mol. The fourth-order valence-corrected chi connectivity index (χ4v) is 2.15. The van der Waals surface area contributed by atoms with Gasteiger partial charge in [0.25, 0.3) is 0 Å². The van der Waals surface area contributed by atoms with Crippen molar-refractivity contribution in [3.05, 3.63) is 29.3 Å². The molecule has 2 aromatic rings. The third-order valence-corrected chi connectivity index (χ3v) is 3.08. The second-order valence-electron chi connectivity index (χ2n) is 4.75. The number of hydrogen-bond acceptors (Lipinski definition) is 4. The molecule has 2 rings (SSSR count). The maximum atomic E-state index is 5.48. The monoisotopic (exact) mass is 262 g/mol. The lowest BCUT2D eigenvalue weighted by molar-refractivity contribution is 0.565. The zero-order valence-corrected chi connectivity index (χ0v) is 11.7. The second kappa shape index (κ2) is 6.47. The predicted octanol–water partition coefficient (Wildman–Crippen LogP) is 1.13. The molecular weight excluding hydrogens is 240 g/mol. The van der Waals surface area contributed by atoms with Gasteiger partial charge in [0, 0.05) is 12.7 Å². The van der Waals surface area contributed by atoms with Crippen molar-refractivity contribution >= 4 is 0 Å². The minimum absolute atomic E-state index is 0.721. The Bertz CT molecular complexity index is 513. The van der Waals surface area contributed by atoms with E-state index in [1.54, 1.807) is 0 Å². The van der Waals surface area contributed by atoms with Crippen LogP contribution in [0.1, 0.15) is 36.8 Å². The van der Waals surface area contributed by atoms with Crippen LogP contribution in [0.4, 0.5) is 0 Å². The topological polar surface area (TPSA) is 74.5 Å². The highest BCUT2D eigenvalue weighted by atomic mass is 15.4. The lowest BCUT2D eigenvalue weighted by atomic mass is 10.2. The van der Waals surface area contributed by atoms with E-state index in [0.29, 0.717) is 0 Å². The van der Waals surface area contributed by atoms with Gasteiger partial charge in [0.1, 0.15) is 0 Å². The fraction of sp³-hybridized carbons (Fsp3) is 0.615. The number of nitrogens with zero attached hydrogens (tertiary/aromatic N) is 5. The quantitative estimate of drug-likeness (QED) is 0.759. The van der Waals surface area contributed by atoms with Crippen molar-refractivity contribution in [2.24, 2.45) is 5.73 Å². The summed E-state index contributed by atoms with van der Waals surface area (Å²) in [6.07, 6.45) is 5.07. The standard InChI is InChI=1S/C13H22N6/c1-3-19-13(8-11(2)16-19)10-18-9-12(15-17-18)6-4-5-7-14/h8-9H,3-7,10,14H2,1-2H3. The van der Waals surface area contributed by atoms with Gasteiger partial charge in [-0.05, 0) is 45.7 Å². The van der Waals surface area contributed by atoms with E-state index in [2.05, 4.69) is 28.4 Å². The summed E-state index contributed by atoms with van der Waals surface area (Å²) in [5.74, 6) is 0. The molecule has 2 aromatic heterocycles. The van der Waals surface area contributed by atoms with Crippen molar-refractivity contribution in [3.63, 3.8) is 0 Å². The van der Waals surface area contributed by atoms with Crippen LogP contribution >= 0.6 is 0 Å². The number of aryl methyl sites for hydroxylation is 3. The average molecular weight is 262 g/mol. The largest absolute Gasteiger partial charge is 0.330 e. The van der Waals surface area contributed by atoms with E-state index < -0.39 is 0 Å². The van der Waals surface area contributed by atoms with Crippen LogP contribution < -0.4 is 5.73 Å². The number of nitrogens with two attached hydrogens (primary N) is 1. The van der Waals surface area contributed by atoms with E-state index in [0.717, 1.165) is 50.3 Å². The summed E-state index contributed by atoms with van der Waals surface area (Å²) < 4.78 is 3.88. The van der Waals surface area contributed by atoms with E-state index in [1.807, 2.05) is 22.5 Å². The average Bonchev–Trinajstić information content (AvgIpc) is 2.97. The summed E-state index contributed by atoms with van der Waals surface area (Å²) in [6.45, 7) is 6.44. The molecule has 0 fully saturated rings. The molecule has 2 N–H and O–H groups in total. The van der Waals surface area contributed by atoms with Gasteiger partial charge in [-0.2, -0.15) is 5.10 Å². The molecule has 6 heteroatoms. The molecular formula is C13H22N6. The molecule has 0 atom stereocenters. The highest BCUT2D eigenvalue weighted by Gasteiger charge is 2.07. The maximum absolute atomic E-state index is 5.48. The van der Waals surface area contributed by atoms with Gasteiger partial charge in [-0.25, -0.2) is 4.68 Å². The van der Waals surface area contributed by atoms with E-state index >= 15 is 0 Å². The molecule has 0 aliphatic heterocycles. The molecule has 0 amide bonds.